The van der Waals surface area contributed by atoms with Gasteiger partial charge >= 0.3 is 0 Å². The van der Waals surface area contributed by atoms with E-state index in [1.807, 2.05) is 32.0 Å². The predicted octanol–water partition coefficient (Wildman–Crippen LogP) is 4.46. The third-order valence-corrected chi connectivity index (χ3v) is 4.52. The molecule has 0 aliphatic heterocycles. The Hall–Kier alpha value is -3.28. The summed E-state index contributed by atoms with van der Waals surface area (Å²) in [4.78, 5) is 25.6. The first kappa shape index (κ1) is 23.0. The number of aryl methyl sites for hydroxylation is 2. The molecule has 0 atom stereocenters. The molecule has 6 nitrogen and oxygen atoms in total. The molecule has 2 N–H and O–H groups in total. The molecule has 2 aromatic rings. The van der Waals surface area contributed by atoms with Crippen LogP contribution >= 0.6 is 0 Å². The summed E-state index contributed by atoms with van der Waals surface area (Å²) in [6.07, 6.45) is 1.62. The fourth-order valence-electron chi connectivity index (χ4n) is 2.72. The number of nitrogens with one attached hydrogen (secondary N) is 2. The van der Waals surface area contributed by atoms with Crippen molar-refractivity contribution in [2.24, 2.45) is 5.41 Å². The smallest absolute Gasteiger partial charge is 0.272 e. The Morgan fingerprint density at radius 2 is 1.60 bits per heavy atom. The highest BCUT2D eigenvalue weighted by Crippen LogP contribution is 2.28. The quantitative estimate of drug-likeness (QED) is 0.689. The van der Waals surface area contributed by atoms with Crippen LogP contribution in [0, 0.1) is 19.3 Å². The summed E-state index contributed by atoms with van der Waals surface area (Å²) in [6, 6.07) is 11.0. The van der Waals surface area contributed by atoms with Gasteiger partial charge in [0, 0.05) is 11.1 Å². The minimum absolute atomic E-state index is 0.141. The van der Waals surface area contributed by atoms with Crippen molar-refractivity contribution in [1.82, 2.24) is 5.32 Å². The van der Waals surface area contributed by atoms with Gasteiger partial charge in [0.05, 0.1) is 14.2 Å². The van der Waals surface area contributed by atoms with Crippen LogP contribution in [0.15, 0.2) is 42.1 Å². The molecule has 0 aliphatic carbocycles. The van der Waals surface area contributed by atoms with Gasteiger partial charge < -0.3 is 20.1 Å². The number of amides is 2. The molecule has 0 aliphatic rings. The summed E-state index contributed by atoms with van der Waals surface area (Å²) in [7, 11) is 3.10. The molecule has 2 aromatic carbocycles. The van der Waals surface area contributed by atoms with E-state index < -0.39 is 11.3 Å². The maximum absolute atomic E-state index is 13.0. The molecule has 0 unspecified atom stereocenters. The second-order valence-corrected chi connectivity index (χ2v) is 8.15. The van der Waals surface area contributed by atoms with Crippen LogP contribution in [0.25, 0.3) is 6.08 Å². The van der Waals surface area contributed by atoms with E-state index in [4.69, 9.17) is 9.47 Å². The molecule has 0 saturated heterocycles. The lowest BCUT2D eigenvalue weighted by molar-refractivity contribution is -0.128. The van der Waals surface area contributed by atoms with Crippen LogP contribution in [0.1, 0.15) is 37.5 Å². The Morgan fingerprint density at radius 3 is 2.17 bits per heavy atom. The van der Waals surface area contributed by atoms with Crippen LogP contribution in [-0.4, -0.2) is 26.0 Å². The molecular weight excluding hydrogens is 380 g/mol. The zero-order chi connectivity index (χ0) is 22.5. The third kappa shape index (κ3) is 5.86. The highest BCUT2D eigenvalue weighted by atomic mass is 16.5. The Kier molecular flexibility index (Phi) is 7.27. The third-order valence-electron chi connectivity index (χ3n) is 4.52. The molecular formula is C24H30N2O4. The first-order chi connectivity index (χ1) is 14.0. The van der Waals surface area contributed by atoms with Gasteiger partial charge in [-0.1, -0.05) is 44.5 Å². The Bertz CT molecular complexity index is 972. The average molecular weight is 411 g/mol. The minimum Gasteiger partial charge on any atom is -0.493 e. The maximum Gasteiger partial charge on any atom is 0.272 e. The first-order valence-corrected chi connectivity index (χ1v) is 9.69. The summed E-state index contributed by atoms with van der Waals surface area (Å²) in [5.74, 6) is 0.441. The second kappa shape index (κ2) is 9.48. The number of hydrogen-bond acceptors (Lipinski definition) is 4. The summed E-state index contributed by atoms with van der Waals surface area (Å²) in [5.41, 5.74) is 2.91. The molecule has 0 saturated carbocycles. The van der Waals surface area contributed by atoms with Crippen molar-refractivity contribution >= 4 is 23.6 Å². The lowest BCUT2D eigenvalue weighted by atomic mass is 9.95. The number of anilines is 1. The van der Waals surface area contributed by atoms with Crippen molar-refractivity contribution < 1.29 is 19.1 Å². The van der Waals surface area contributed by atoms with E-state index in [0.717, 1.165) is 11.1 Å². The van der Waals surface area contributed by atoms with Crippen LogP contribution in [0.2, 0.25) is 0 Å². The van der Waals surface area contributed by atoms with Crippen LogP contribution in [0.3, 0.4) is 0 Å². The molecule has 0 fully saturated rings. The number of hydrogen-bond donors (Lipinski definition) is 2. The molecule has 6 heteroatoms. The summed E-state index contributed by atoms with van der Waals surface area (Å²) >= 11 is 0. The Morgan fingerprint density at radius 1 is 0.933 bits per heavy atom. The summed E-state index contributed by atoms with van der Waals surface area (Å²) in [6.45, 7) is 9.29. The molecule has 0 aromatic heterocycles. The first-order valence-electron chi connectivity index (χ1n) is 9.69. The number of carbonyl (C=O) groups excluding carboxylic acids is 2. The Labute approximate surface area is 178 Å². The van der Waals surface area contributed by atoms with Gasteiger partial charge in [0.1, 0.15) is 5.70 Å². The second-order valence-electron chi connectivity index (χ2n) is 8.15. The fourth-order valence-corrected chi connectivity index (χ4v) is 2.72. The van der Waals surface area contributed by atoms with Gasteiger partial charge in [0.2, 0.25) is 5.91 Å². The number of ether oxygens (including phenoxy) is 2. The van der Waals surface area contributed by atoms with E-state index in [0.29, 0.717) is 22.7 Å². The van der Waals surface area contributed by atoms with Gasteiger partial charge in [-0.2, -0.15) is 0 Å². The van der Waals surface area contributed by atoms with Crippen LogP contribution in [0.4, 0.5) is 5.69 Å². The minimum atomic E-state index is -0.656. The maximum atomic E-state index is 13.0. The highest BCUT2D eigenvalue weighted by molar-refractivity contribution is 6.09. The van der Waals surface area contributed by atoms with Gasteiger partial charge in [-0.15, -0.1) is 0 Å². The lowest BCUT2D eigenvalue weighted by Gasteiger charge is -2.20. The van der Waals surface area contributed by atoms with Crippen LogP contribution < -0.4 is 20.1 Å². The summed E-state index contributed by atoms with van der Waals surface area (Å²) in [5, 5.41) is 5.65. The zero-order valence-corrected chi connectivity index (χ0v) is 18.7. The molecule has 0 bridgehead atoms. The number of rotatable bonds is 6. The van der Waals surface area contributed by atoms with Crippen molar-refractivity contribution in [3.05, 3.63) is 58.8 Å². The van der Waals surface area contributed by atoms with Crippen molar-refractivity contribution in [3.63, 3.8) is 0 Å². The van der Waals surface area contributed by atoms with E-state index >= 15 is 0 Å². The largest absolute Gasteiger partial charge is 0.493 e. The zero-order valence-electron chi connectivity index (χ0n) is 18.7. The number of benzene rings is 2. The summed E-state index contributed by atoms with van der Waals surface area (Å²) < 4.78 is 10.6. The Balaban J connectivity index is 2.42. The van der Waals surface area contributed by atoms with Crippen LogP contribution in [0.5, 0.6) is 11.5 Å². The molecule has 30 heavy (non-hydrogen) atoms. The van der Waals surface area contributed by atoms with Crippen molar-refractivity contribution in [1.29, 1.82) is 0 Å². The molecule has 2 amide bonds. The van der Waals surface area contributed by atoms with E-state index in [1.165, 1.54) is 0 Å². The van der Waals surface area contributed by atoms with Crippen molar-refractivity contribution in [2.45, 2.75) is 34.6 Å². The van der Waals surface area contributed by atoms with Gasteiger partial charge in [0.25, 0.3) is 5.91 Å². The highest BCUT2D eigenvalue weighted by Gasteiger charge is 2.24. The number of carbonyl (C=O) groups is 2. The molecule has 0 heterocycles. The monoisotopic (exact) mass is 410 g/mol. The van der Waals surface area contributed by atoms with Gasteiger partial charge in [-0.3, -0.25) is 9.59 Å². The van der Waals surface area contributed by atoms with E-state index in [2.05, 4.69) is 10.6 Å². The molecule has 2 rings (SSSR count). The standard InChI is InChI=1S/C24H30N2O4/c1-15-8-10-18(16(2)12-15)25-22(27)19(26-23(28)24(3,4)5)13-17-9-11-20(29-6)21(14-17)30-7/h8-14H,1-7H3,(H,25,27)(H,26,28)/b19-13+. The van der Waals surface area contributed by atoms with E-state index in [1.54, 1.807) is 59.3 Å². The van der Waals surface area contributed by atoms with Crippen molar-refractivity contribution in [3.8, 4) is 11.5 Å². The lowest BCUT2D eigenvalue weighted by Crippen LogP contribution is -2.38. The fraction of sp³-hybridized carbons (Fsp3) is 0.333. The van der Waals surface area contributed by atoms with Gasteiger partial charge in [0.15, 0.2) is 11.5 Å². The number of methoxy groups -OCH3 is 2. The topological polar surface area (TPSA) is 76.7 Å². The van der Waals surface area contributed by atoms with Crippen molar-refractivity contribution in [2.75, 3.05) is 19.5 Å². The molecule has 0 radical (unpaired) electrons. The van der Waals surface area contributed by atoms with Gasteiger partial charge in [-0.05, 0) is 49.2 Å². The van der Waals surface area contributed by atoms with E-state index in [9.17, 15) is 9.59 Å². The van der Waals surface area contributed by atoms with Gasteiger partial charge in [-0.25, -0.2) is 0 Å². The molecule has 160 valence electrons. The average Bonchev–Trinajstić information content (AvgIpc) is 2.68. The predicted molar refractivity (Wildman–Crippen MR) is 120 cm³/mol. The SMILES string of the molecule is COc1ccc(/C=C(/NC(=O)C(C)(C)C)C(=O)Nc2ccc(C)cc2C)cc1OC. The van der Waals surface area contributed by atoms with Crippen LogP contribution in [-0.2, 0) is 9.59 Å². The van der Waals surface area contributed by atoms with E-state index in [-0.39, 0.29) is 11.6 Å². The molecule has 0 spiro atoms. The normalized spacial score (nSPS) is 11.6.